The van der Waals surface area contributed by atoms with Crippen molar-refractivity contribution in [1.82, 2.24) is 0 Å². The van der Waals surface area contributed by atoms with E-state index in [-0.39, 0.29) is 23.5 Å². The molecule has 1 saturated heterocycles. The first kappa shape index (κ1) is 37.3. The second kappa shape index (κ2) is 16.0. The molecule has 1 spiro atoms. The predicted molar refractivity (Wildman–Crippen MR) is 247 cm³/mol. The van der Waals surface area contributed by atoms with Gasteiger partial charge in [0.2, 0.25) is 0 Å². The van der Waals surface area contributed by atoms with Gasteiger partial charge in [0.1, 0.15) is 5.75 Å². The average molecular weight is 783 g/mol. The van der Waals surface area contributed by atoms with Crippen molar-refractivity contribution in [3.8, 4) is 50.3 Å². The Kier molecular flexibility index (Phi) is 10.1. The topological polar surface area (TPSA) is 18.5 Å². The molecule has 59 heavy (non-hydrogen) atoms. The minimum Gasteiger partial charge on any atom is -0.519 e. The quantitative estimate of drug-likeness (QED) is 0.136. The lowest BCUT2D eigenvalue weighted by Crippen LogP contribution is -2.50. The van der Waals surface area contributed by atoms with Crippen molar-refractivity contribution >= 4 is 8.56 Å². The number of fused-ring (bicyclic) bond motifs is 2. The van der Waals surface area contributed by atoms with E-state index in [0.29, 0.717) is 5.92 Å². The number of rotatable bonds is 9. The summed E-state index contributed by atoms with van der Waals surface area (Å²) in [7, 11) is -2.90. The molecular formula is C56H50O2Si. The van der Waals surface area contributed by atoms with Crippen LogP contribution in [0.5, 0.6) is 5.75 Å². The molecule has 6 unspecified atom stereocenters. The fourth-order valence-electron chi connectivity index (χ4n) is 10.0. The first-order valence-electron chi connectivity index (χ1n) is 21.4. The summed E-state index contributed by atoms with van der Waals surface area (Å²) in [6, 6.07) is 67.4. The highest BCUT2D eigenvalue weighted by molar-refractivity contribution is 6.72. The predicted octanol–water partition coefficient (Wildman–Crippen LogP) is 14.6. The highest BCUT2D eigenvalue weighted by Gasteiger charge is 2.61. The van der Waals surface area contributed by atoms with Gasteiger partial charge in [-0.3, -0.25) is 0 Å². The van der Waals surface area contributed by atoms with Crippen molar-refractivity contribution in [1.29, 1.82) is 0 Å². The van der Waals surface area contributed by atoms with E-state index in [2.05, 4.69) is 214 Å². The average Bonchev–Trinajstić information content (AvgIpc) is 3.61. The van der Waals surface area contributed by atoms with E-state index in [1.54, 1.807) is 0 Å². The molecule has 2 aliphatic heterocycles. The Bertz CT molecular complexity index is 2520. The molecule has 0 saturated carbocycles. The van der Waals surface area contributed by atoms with Crippen LogP contribution in [-0.4, -0.2) is 14.7 Å². The Morgan fingerprint density at radius 2 is 1.07 bits per heavy atom. The third-order valence-corrected chi connectivity index (χ3v) is 17.0. The van der Waals surface area contributed by atoms with E-state index in [4.69, 9.17) is 8.85 Å². The summed E-state index contributed by atoms with van der Waals surface area (Å²) in [5.74, 6) is 1.76. The molecule has 0 aromatic heterocycles. The molecule has 1 aliphatic carbocycles. The zero-order chi connectivity index (χ0) is 39.8. The van der Waals surface area contributed by atoms with E-state index in [0.717, 1.165) is 24.6 Å². The second-order valence-electron chi connectivity index (χ2n) is 16.8. The van der Waals surface area contributed by atoms with E-state index >= 15 is 0 Å². The van der Waals surface area contributed by atoms with Crippen LogP contribution in [0.25, 0.3) is 44.5 Å². The summed E-state index contributed by atoms with van der Waals surface area (Å²) in [4.78, 5) is 0. The molecule has 10 rings (SSSR count). The van der Waals surface area contributed by atoms with E-state index in [1.165, 1.54) is 66.8 Å². The molecule has 0 N–H and O–H groups in total. The number of hydrogen-bond donors (Lipinski definition) is 0. The van der Waals surface area contributed by atoms with Crippen molar-refractivity contribution in [3.63, 3.8) is 0 Å². The molecule has 1 fully saturated rings. The molecule has 2 heterocycles. The monoisotopic (exact) mass is 782 g/mol. The van der Waals surface area contributed by atoms with E-state index in [1.807, 2.05) is 0 Å². The smallest absolute Gasteiger partial charge is 0.407 e. The van der Waals surface area contributed by atoms with Crippen molar-refractivity contribution < 1.29 is 8.85 Å². The number of hydrogen-bond acceptors (Lipinski definition) is 2. The van der Waals surface area contributed by atoms with Crippen LogP contribution in [0.3, 0.4) is 0 Å². The van der Waals surface area contributed by atoms with Gasteiger partial charge in [-0.2, -0.15) is 0 Å². The lowest BCUT2D eigenvalue weighted by Gasteiger charge is -2.42. The lowest BCUT2D eigenvalue weighted by atomic mass is 9.81. The minimum atomic E-state index is -2.90. The lowest BCUT2D eigenvalue weighted by molar-refractivity contribution is 0.168. The molecule has 0 radical (unpaired) electrons. The molecule has 7 aromatic carbocycles. The Morgan fingerprint density at radius 1 is 0.576 bits per heavy atom. The van der Waals surface area contributed by atoms with Crippen molar-refractivity contribution in [2.75, 3.05) is 0 Å². The van der Waals surface area contributed by atoms with Gasteiger partial charge in [0, 0.05) is 17.5 Å². The fraction of sp³-hybridized carbons (Fsp3) is 0.179. The van der Waals surface area contributed by atoms with Gasteiger partial charge in [0.05, 0.1) is 6.10 Å². The second-order valence-corrected chi connectivity index (χ2v) is 20.0. The summed E-state index contributed by atoms with van der Waals surface area (Å²) in [6.07, 6.45) is 8.90. The first-order valence-corrected chi connectivity index (χ1v) is 23.5. The van der Waals surface area contributed by atoms with Gasteiger partial charge in [-0.15, -0.1) is 0 Å². The van der Waals surface area contributed by atoms with E-state index < -0.39 is 8.56 Å². The maximum atomic E-state index is 7.55. The number of allylic oxidation sites excluding steroid dienone is 2. The SMILES string of the molecule is CC1C=CC=C2C1O[Si]1(CC(C(C)c3cc(-c4ccccc4)cc(-c4ccccc4)c3)c3ccccc3O1)C2CCc1cc(-c2ccccc2)cc(-c2ccccc2)c1. The minimum absolute atomic E-state index is 0.0412. The van der Waals surface area contributed by atoms with Gasteiger partial charge in [0.25, 0.3) is 0 Å². The summed E-state index contributed by atoms with van der Waals surface area (Å²) in [5.41, 5.74) is 15.6. The molecule has 7 aromatic rings. The summed E-state index contributed by atoms with van der Waals surface area (Å²) < 4.78 is 15.0. The highest BCUT2D eigenvalue weighted by Crippen LogP contribution is 2.58. The summed E-state index contributed by atoms with van der Waals surface area (Å²) in [6.45, 7) is 4.75. The van der Waals surface area contributed by atoms with Crippen LogP contribution in [0.1, 0.15) is 48.8 Å². The Balaban J connectivity index is 1.04. The van der Waals surface area contributed by atoms with Crippen LogP contribution in [0, 0.1) is 5.92 Å². The third kappa shape index (κ3) is 7.35. The van der Waals surface area contributed by atoms with Gasteiger partial charge in [-0.05, 0) is 110 Å². The maximum absolute atomic E-state index is 7.55. The normalized spacial score (nSPS) is 22.2. The molecule has 6 atom stereocenters. The standard InChI is InChI=1S/C56H50O2Si/c1-39-18-17-28-52-55(31-30-41-32-47(42-19-7-3-8-20-42)36-48(33-41)43-21-9-4-10-22-43)59(58-56(39)52)38-53(51-27-15-16-29-54(51)57-59)40(2)46-34-49(44-23-11-5-12-24-44)37-50(35-46)45-25-13-6-14-26-45/h3-29,32-37,39-40,53,55-56H,30-31,38H2,1-2H3. The molecular weight excluding hydrogens is 733 g/mol. The zero-order valence-corrected chi connectivity index (χ0v) is 34.9. The van der Waals surface area contributed by atoms with Gasteiger partial charge < -0.3 is 8.85 Å². The number of benzene rings is 7. The summed E-state index contributed by atoms with van der Waals surface area (Å²) in [5, 5.41) is 0. The Morgan fingerprint density at radius 3 is 1.61 bits per heavy atom. The zero-order valence-electron chi connectivity index (χ0n) is 33.9. The van der Waals surface area contributed by atoms with Crippen LogP contribution in [-0.2, 0) is 10.8 Å². The fourth-order valence-corrected chi connectivity index (χ4v) is 14.7. The maximum Gasteiger partial charge on any atom is 0.407 e. The van der Waals surface area contributed by atoms with Crippen molar-refractivity contribution in [3.05, 3.63) is 222 Å². The third-order valence-electron chi connectivity index (χ3n) is 13.1. The van der Waals surface area contributed by atoms with Crippen LogP contribution in [0.15, 0.2) is 206 Å². The van der Waals surface area contributed by atoms with Crippen LogP contribution in [0.4, 0.5) is 0 Å². The van der Waals surface area contributed by atoms with Gasteiger partial charge >= 0.3 is 8.56 Å². The highest BCUT2D eigenvalue weighted by atomic mass is 28.4. The van der Waals surface area contributed by atoms with Crippen LogP contribution < -0.4 is 4.43 Å². The molecule has 3 aliphatic rings. The van der Waals surface area contributed by atoms with Gasteiger partial charge in [-0.25, -0.2) is 0 Å². The Labute approximate surface area is 350 Å². The molecule has 2 nitrogen and oxygen atoms in total. The van der Waals surface area contributed by atoms with Gasteiger partial charge in [-0.1, -0.05) is 196 Å². The number of para-hydroxylation sites is 1. The largest absolute Gasteiger partial charge is 0.519 e. The van der Waals surface area contributed by atoms with Crippen LogP contribution >= 0.6 is 0 Å². The Hall–Kier alpha value is -6.00. The van der Waals surface area contributed by atoms with Crippen molar-refractivity contribution in [2.24, 2.45) is 5.92 Å². The summed E-state index contributed by atoms with van der Waals surface area (Å²) >= 11 is 0. The van der Waals surface area contributed by atoms with Crippen LogP contribution in [0.2, 0.25) is 11.6 Å². The molecule has 3 heteroatoms. The first-order chi connectivity index (χ1) is 29.0. The van der Waals surface area contributed by atoms with Crippen molar-refractivity contribution in [2.45, 2.75) is 56.2 Å². The molecule has 290 valence electrons. The number of aryl methyl sites for hydroxylation is 1. The van der Waals surface area contributed by atoms with Gasteiger partial charge in [0.15, 0.2) is 0 Å². The van der Waals surface area contributed by atoms with E-state index in [9.17, 15) is 0 Å². The molecule has 0 amide bonds. The molecule has 0 bridgehead atoms.